The number of hydrogen-bond donors (Lipinski definition) is 1. The lowest BCUT2D eigenvalue weighted by molar-refractivity contribution is 0.320. The smallest absolute Gasteiger partial charge is 0.203 e. The summed E-state index contributed by atoms with van der Waals surface area (Å²) in [5.41, 5.74) is 4.62. The number of fused-ring (bicyclic) bond motifs is 3. The zero-order valence-corrected chi connectivity index (χ0v) is 15.2. The van der Waals surface area contributed by atoms with E-state index >= 15 is 0 Å². The quantitative estimate of drug-likeness (QED) is 0.779. The Morgan fingerprint density at radius 1 is 0.885 bits per heavy atom. The first kappa shape index (κ1) is 16.5. The Morgan fingerprint density at radius 2 is 1.69 bits per heavy atom. The lowest BCUT2D eigenvalue weighted by Gasteiger charge is -2.23. The van der Waals surface area contributed by atoms with Crippen LogP contribution < -0.4 is 19.5 Å². The van der Waals surface area contributed by atoms with Gasteiger partial charge in [-0.25, -0.2) is 0 Å². The van der Waals surface area contributed by atoms with E-state index in [9.17, 15) is 0 Å². The maximum Gasteiger partial charge on any atom is 0.203 e. The van der Waals surface area contributed by atoms with E-state index in [0.29, 0.717) is 17.2 Å². The number of para-hydroxylation sites is 1. The highest BCUT2D eigenvalue weighted by molar-refractivity contribution is 5.58. The number of ether oxygens (including phenoxy) is 3. The molecule has 26 heavy (non-hydrogen) atoms. The maximum absolute atomic E-state index is 5.72. The third-order valence-corrected chi connectivity index (χ3v) is 4.87. The number of benzene rings is 2. The fourth-order valence-electron chi connectivity index (χ4n) is 3.68. The molecular weight excluding hydrogens is 328 g/mol. The molecule has 4 rings (SSSR count). The van der Waals surface area contributed by atoms with E-state index in [1.165, 1.54) is 11.3 Å². The molecule has 1 atom stereocenters. The molecule has 2 aromatic carbocycles. The summed E-state index contributed by atoms with van der Waals surface area (Å²) in [7, 11) is 4.91. The first-order valence-corrected chi connectivity index (χ1v) is 8.56. The molecule has 0 bridgehead atoms. The highest BCUT2D eigenvalue weighted by Gasteiger charge is 2.27. The predicted molar refractivity (Wildman–Crippen MR) is 101 cm³/mol. The molecule has 0 amide bonds. The fraction of sp³-hybridized carbons (Fsp3) is 0.238. The molecule has 1 N–H and O–H groups in total. The van der Waals surface area contributed by atoms with E-state index < -0.39 is 0 Å². The monoisotopic (exact) mass is 350 g/mol. The molecule has 5 nitrogen and oxygen atoms in total. The number of methoxy groups -OCH3 is 3. The maximum atomic E-state index is 5.72. The van der Waals surface area contributed by atoms with Crippen molar-refractivity contribution in [2.24, 2.45) is 0 Å². The average molecular weight is 350 g/mol. The number of hydrogen-bond acceptors (Lipinski definition) is 4. The minimum Gasteiger partial charge on any atom is -0.493 e. The van der Waals surface area contributed by atoms with E-state index in [1.807, 2.05) is 12.1 Å². The molecule has 1 aliphatic rings. The van der Waals surface area contributed by atoms with E-state index in [4.69, 9.17) is 14.2 Å². The normalized spacial score (nSPS) is 15.6. The Hall–Kier alpha value is -2.92. The van der Waals surface area contributed by atoms with Crippen molar-refractivity contribution >= 4 is 0 Å². The second-order valence-electron chi connectivity index (χ2n) is 6.17. The lowest BCUT2D eigenvalue weighted by atomic mass is 10.0. The summed E-state index contributed by atoms with van der Waals surface area (Å²) in [6.07, 6.45) is 2.10. The summed E-state index contributed by atoms with van der Waals surface area (Å²) in [4.78, 5) is 0. The second kappa shape index (κ2) is 6.77. The van der Waals surface area contributed by atoms with Crippen LogP contribution in [0.2, 0.25) is 0 Å². The van der Waals surface area contributed by atoms with Gasteiger partial charge in [0.2, 0.25) is 5.75 Å². The molecule has 0 aliphatic carbocycles. The number of aromatic nitrogens is 1. The van der Waals surface area contributed by atoms with Crippen molar-refractivity contribution in [3.8, 4) is 22.9 Å². The van der Waals surface area contributed by atoms with Gasteiger partial charge >= 0.3 is 0 Å². The molecule has 3 aromatic rings. The first-order valence-electron chi connectivity index (χ1n) is 8.56. The zero-order valence-electron chi connectivity index (χ0n) is 15.2. The van der Waals surface area contributed by atoms with Crippen LogP contribution in [-0.2, 0) is 6.54 Å². The molecule has 0 spiro atoms. The molecule has 2 heterocycles. The van der Waals surface area contributed by atoms with Crippen molar-refractivity contribution in [2.75, 3.05) is 21.3 Å². The Balaban J connectivity index is 1.88. The molecule has 5 heteroatoms. The predicted octanol–water partition coefficient (Wildman–Crippen LogP) is 3.70. The Bertz CT molecular complexity index is 933. The van der Waals surface area contributed by atoms with Crippen LogP contribution >= 0.6 is 0 Å². The van der Waals surface area contributed by atoms with Crippen molar-refractivity contribution in [3.63, 3.8) is 0 Å². The van der Waals surface area contributed by atoms with Crippen LogP contribution in [0.4, 0.5) is 0 Å². The molecule has 0 unspecified atom stereocenters. The molecular formula is C21H22N2O3. The van der Waals surface area contributed by atoms with Crippen molar-refractivity contribution in [1.29, 1.82) is 0 Å². The van der Waals surface area contributed by atoms with Gasteiger partial charge in [0.25, 0.3) is 0 Å². The van der Waals surface area contributed by atoms with E-state index in [1.54, 1.807) is 21.3 Å². The topological polar surface area (TPSA) is 44.7 Å². The molecule has 0 radical (unpaired) electrons. The van der Waals surface area contributed by atoms with Gasteiger partial charge in [-0.15, -0.1) is 0 Å². The minimum atomic E-state index is -0.0350. The van der Waals surface area contributed by atoms with E-state index in [2.05, 4.69) is 52.5 Å². The van der Waals surface area contributed by atoms with Crippen LogP contribution in [0.25, 0.3) is 5.69 Å². The highest BCUT2D eigenvalue weighted by atomic mass is 16.5. The van der Waals surface area contributed by atoms with Gasteiger partial charge in [0.05, 0.1) is 27.4 Å². The number of nitrogens with one attached hydrogen (secondary N) is 1. The van der Waals surface area contributed by atoms with Crippen LogP contribution in [0, 0.1) is 0 Å². The SMILES string of the molecule is COc1ccc([C@@H]2NCc3ccccc3-n3cccc32)c(OC)c1OC. The largest absolute Gasteiger partial charge is 0.493 e. The summed E-state index contributed by atoms with van der Waals surface area (Å²) >= 11 is 0. The van der Waals surface area contributed by atoms with Crippen molar-refractivity contribution < 1.29 is 14.2 Å². The first-order chi connectivity index (χ1) is 12.8. The summed E-state index contributed by atoms with van der Waals surface area (Å²) in [6, 6.07) is 16.6. The van der Waals surface area contributed by atoms with Gasteiger partial charge in [0, 0.05) is 29.7 Å². The highest BCUT2D eigenvalue weighted by Crippen LogP contribution is 2.44. The molecule has 1 aliphatic heterocycles. The Kier molecular flexibility index (Phi) is 4.31. The number of rotatable bonds is 4. The van der Waals surface area contributed by atoms with Crippen LogP contribution in [0.3, 0.4) is 0 Å². The average Bonchev–Trinajstić information content (AvgIpc) is 3.11. The second-order valence-corrected chi connectivity index (χ2v) is 6.17. The van der Waals surface area contributed by atoms with Crippen LogP contribution in [0.15, 0.2) is 54.7 Å². The van der Waals surface area contributed by atoms with Crippen molar-refractivity contribution in [1.82, 2.24) is 9.88 Å². The van der Waals surface area contributed by atoms with Gasteiger partial charge in [-0.3, -0.25) is 0 Å². The van der Waals surface area contributed by atoms with Gasteiger partial charge in [-0.05, 0) is 35.9 Å². The summed E-state index contributed by atoms with van der Waals surface area (Å²) < 4.78 is 18.9. The fourth-order valence-corrected chi connectivity index (χ4v) is 3.68. The molecule has 0 fully saturated rings. The van der Waals surface area contributed by atoms with Gasteiger partial charge in [-0.2, -0.15) is 0 Å². The molecule has 0 saturated heterocycles. The van der Waals surface area contributed by atoms with Crippen LogP contribution in [-0.4, -0.2) is 25.9 Å². The third-order valence-electron chi connectivity index (χ3n) is 4.87. The summed E-state index contributed by atoms with van der Waals surface area (Å²) in [5.74, 6) is 1.94. The van der Waals surface area contributed by atoms with Crippen LogP contribution in [0.1, 0.15) is 22.9 Å². The van der Waals surface area contributed by atoms with Crippen molar-refractivity contribution in [3.05, 3.63) is 71.5 Å². The van der Waals surface area contributed by atoms with E-state index in [0.717, 1.165) is 17.8 Å². The minimum absolute atomic E-state index is 0.0350. The molecule has 134 valence electrons. The summed E-state index contributed by atoms with van der Waals surface area (Å²) in [6.45, 7) is 0.764. The van der Waals surface area contributed by atoms with Gasteiger partial charge in [0.15, 0.2) is 11.5 Å². The summed E-state index contributed by atoms with van der Waals surface area (Å²) in [5, 5.41) is 3.66. The zero-order chi connectivity index (χ0) is 18.1. The lowest BCUT2D eigenvalue weighted by Crippen LogP contribution is -2.22. The molecule has 0 saturated carbocycles. The molecule has 1 aromatic heterocycles. The van der Waals surface area contributed by atoms with E-state index in [-0.39, 0.29) is 6.04 Å². The van der Waals surface area contributed by atoms with Gasteiger partial charge in [-0.1, -0.05) is 18.2 Å². The third kappa shape index (κ3) is 2.52. The van der Waals surface area contributed by atoms with Crippen molar-refractivity contribution in [2.45, 2.75) is 12.6 Å². The number of nitrogens with zero attached hydrogens (tertiary/aromatic N) is 1. The Labute approximate surface area is 153 Å². The van der Waals surface area contributed by atoms with Gasteiger partial charge < -0.3 is 24.1 Å². The van der Waals surface area contributed by atoms with Gasteiger partial charge in [0.1, 0.15) is 0 Å². The Morgan fingerprint density at radius 3 is 2.46 bits per heavy atom. The standard InChI is InChI=1S/C21H22N2O3/c1-24-18-11-10-15(20(25-2)21(18)26-3)19-17-9-6-12-23(17)16-8-5-4-7-14(16)13-22-19/h4-12,19,22H,13H2,1-3H3/t19-/m0/s1. The van der Waals surface area contributed by atoms with Crippen LogP contribution in [0.5, 0.6) is 17.2 Å².